The first kappa shape index (κ1) is 20.7. The number of hydrogen-bond donors (Lipinski definition) is 0. The summed E-state index contributed by atoms with van der Waals surface area (Å²) in [4.78, 5) is 0. The predicted molar refractivity (Wildman–Crippen MR) is 107 cm³/mol. The average molecular weight is 385 g/mol. The van der Waals surface area contributed by atoms with Gasteiger partial charge in [0, 0.05) is 12.7 Å². The van der Waals surface area contributed by atoms with Gasteiger partial charge in [-0.1, -0.05) is 24.3 Å². The molecule has 1 aromatic rings. The molecule has 0 radical (unpaired) electrons. The molecule has 2 aliphatic carbocycles. The van der Waals surface area contributed by atoms with Gasteiger partial charge in [0.05, 0.1) is 12.2 Å². The average Bonchev–Trinajstić information content (AvgIpc) is 2.73. The SMILES string of the molecule is N#CC=CC=CC1CCC(OCC2CCC(c3ccc(F)c(F)c3)CC2)CC1. The fourth-order valence-corrected chi connectivity index (χ4v) is 4.47. The zero-order valence-corrected chi connectivity index (χ0v) is 16.3. The van der Waals surface area contributed by atoms with E-state index in [9.17, 15) is 8.78 Å². The Morgan fingerprint density at radius 2 is 1.71 bits per heavy atom. The molecule has 0 aliphatic heterocycles. The summed E-state index contributed by atoms with van der Waals surface area (Å²) in [6.45, 7) is 0.820. The number of ether oxygens (including phenoxy) is 1. The normalized spacial score (nSPS) is 28.6. The standard InChI is InChI=1S/C24H29F2NO/c25-23-14-11-21(16-24(23)26)20-9-5-19(6-10-20)17-28-22-12-7-18(8-13-22)4-2-1-3-15-27/h1-4,11,14,16,18-20,22H,5-10,12-13,17H2. The molecule has 0 heterocycles. The number of halogens is 2. The van der Waals surface area contributed by atoms with E-state index in [1.807, 2.05) is 12.1 Å². The van der Waals surface area contributed by atoms with Gasteiger partial charge in [-0.2, -0.15) is 5.26 Å². The first-order valence-electron chi connectivity index (χ1n) is 10.4. The van der Waals surface area contributed by atoms with Crippen LogP contribution in [-0.4, -0.2) is 12.7 Å². The van der Waals surface area contributed by atoms with Crippen molar-refractivity contribution in [2.45, 2.75) is 63.4 Å². The molecule has 0 bridgehead atoms. The molecule has 2 nitrogen and oxygen atoms in total. The lowest BCUT2D eigenvalue weighted by atomic mass is 9.79. The summed E-state index contributed by atoms with van der Waals surface area (Å²) in [6.07, 6.45) is 16.5. The quantitative estimate of drug-likeness (QED) is 0.416. The van der Waals surface area contributed by atoms with Gasteiger partial charge in [-0.15, -0.1) is 0 Å². The van der Waals surface area contributed by atoms with Gasteiger partial charge < -0.3 is 4.74 Å². The van der Waals surface area contributed by atoms with Crippen LogP contribution in [0.25, 0.3) is 0 Å². The van der Waals surface area contributed by atoms with Crippen molar-refractivity contribution in [2.75, 3.05) is 6.61 Å². The molecule has 0 spiro atoms. The minimum absolute atomic E-state index is 0.337. The van der Waals surface area contributed by atoms with E-state index in [0.29, 0.717) is 23.9 Å². The van der Waals surface area contributed by atoms with Gasteiger partial charge in [-0.3, -0.25) is 0 Å². The van der Waals surface area contributed by atoms with E-state index in [1.54, 1.807) is 12.1 Å². The number of allylic oxidation sites excluding steroid dienone is 4. The molecular formula is C24H29F2NO. The summed E-state index contributed by atoms with van der Waals surface area (Å²) in [5.41, 5.74) is 0.925. The van der Waals surface area contributed by atoms with Crippen LogP contribution < -0.4 is 0 Å². The van der Waals surface area contributed by atoms with E-state index in [1.165, 1.54) is 18.2 Å². The van der Waals surface area contributed by atoms with E-state index < -0.39 is 11.6 Å². The maximum atomic E-state index is 13.5. The van der Waals surface area contributed by atoms with Crippen molar-refractivity contribution in [1.29, 1.82) is 5.26 Å². The van der Waals surface area contributed by atoms with Gasteiger partial charge in [0.2, 0.25) is 0 Å². The highest BCUT2D eigenvalue weighted by Gasteiger charge is 2.25. The fraction of sp³-hybridized carbons (Fsp3) is 0.542. The summed E-state index contributed by atoms with van der Waals surface area (Å²) in [5, 5.41) is 8.48. The number of hydrogen-bond acceptors (Lipinski definition) is 2. The van der Waals surface area contributed by atoms with Gasteiger partial charge in [0.1, 0.15) is 0 Å². The summed E-state index contributed by atoms with van der Waals surface area (Å²) < 4.78 is 32.8. The lowest BCUT2D eigenvalue weighted by Gasteiger charge is -2.32. The van der Waals surface area contributed by atoms with Crippen LogP contribution in [-0.2, 0) is 4.74 Å². The molecular weight excluding hydrogens is 356 g/mol. The van der Waals surface area contributed by atoms with Crippen molar-refractivity contribution in [1.82, 2.24) is 0 Å². The fourth-order valence-electron chi connectivity index (χ4n) is 4.47. The molecule has 0 atom stereocenters. The lowest BCUT2D eigenvalue weighted by Crippen LogP contribution is -2.25. The van der Waals surface area contributed by atoms with Crippen LogP contribution in [0.3, 0.4) is 0 Å². The molecule has 1 aromatic carbocycles. The van der Waals surface area contributed by atoms with Crippen LogP contribution in [0.4, 0.5) is 8.78 Å². The third-order valence-electron chi connectivity index (χ3n) is 6.21. The van der Waals surface area contributed by atoms with Crippen molar-refractivity contribution in [2.24, 2.45) is 11.8 Å². The number of rotatable bonds is 6. The molecule has 2 aliphatic rings. The topological polar surface area (TPSA) is 33.0 Å². The minimum atomic E-state index is -0.769. The summed E-state index contributed by atoms with van der Waals surface area (Å²) in [5.74, 6) is -0.00199. The Bertz CT molecular complexity index is 721. The first-order chi connectivity index (χ1) is 13.7. The van der Waals surface area contributed by atoms with Crippen molar-refractivity contribution in [3.05, 3.63) is 59.7 Å². The van der Waals surface area contributed by atoms with Crippen LogP contribution in [0, 0.1) is 34.8 Å². The van der Waals surface area contributed by atoms with Crippen molar-refractivity contribution < 1.29 is 13.5 Å². The predicted octanol–water partition coefficient (Wildman–Crippen LogP) is 6.45. The number of nitrogens with zero attached hydrogens (tertiary/aromatic N) is 1. The van der Waals surface area contributed by atoms with Crippen LogP contribution in [0.5, 0.6) is 0 Å². The molecule has 4 heteroatoms. The van der Waals surface area contributed by atoms with Crippen molar-refractivity contribution in [3.63, 3.8) is 0 Å². The third kappa shape index (κ3) is 6.01. The zero-order chi connectivity index (χ0) is 19.8. The van der Waals surface area contributed by atoms with Crippen molar-refractivity contribution in [3.8, 4) is 6.07 Å². The second kappa shape index (κ2) is 10.5. The molecule has 0 N–H and O–H groups in total. The van der Waals surface area contributed by atoms with Crippen LogP contribution in [0.15, 0.2) is 42.5 Å². The Labute approximate surface area is 166 Å². The zero-order valence-electron chi connectivity index (χ0n) is 16.3. The van der Waals surface area contributed by atoms with E-state index in [0.717, 1.165) is 63.5 Å². The number of benzene rings is 1. The Hall–Kier alpha value is -1.99. The molecule has 150 valence electrons. The maximum Gasteiger partial charge on any atom is 0.159 e. The number of nitriles is 1. The molecule has 2 fully saturated rings. The van der Waals surface area contributed by atoms with Crippen molar-refractivity contribution >= 4 is 0 Å². The Kier molecular flexibility index (Phi) is 7.80. The Morgan fingerprint density at radius 1 is 0.964 bits per heavy atom. The summed E-state index contributed by atoms with van der Waals surface area (Å²) in [7, 11) is 0. The largest absolute Gasteiger partial charge is 0.378 e. The van der Waals surface area contributed by atoms with Gasteiger partial charge in [-0.25, -0.2) is 8.78 Å². The van der Waals surface area contributed by atoms with Gasteiger partial charge >= 0.3 is 0 Å². The minimum Gasteiger partial charge on any atom is -0.378 e. The van der Waals surface area contributed by atoms with E-state index in [-0.39, 0.29) is 0 Å². The first-order valence-corrected chi connectivity index (χ1v) is 10.4. The van der Waals surface area contributed by atoms with Gasteiger partial charge in [0.25, 0.3) is 0 Å². The van der Waals surface area contributed by atoms with E-state index >= 15 is 0 Å². The molecule has 0 saturated heterocycles. The molecule has 28 heavy (non-hydrogen) atoms. The van der Waals surface area contributed by atoms with Gasteiger partial charge in [0.15, 0.2) is 11.6 Å². The molecule has 0 aromatic heterocycles. The molecule has 0 unspecified atom stereocenters. The maximum absolute atomic E-state index is 13.5. The smallest absolute Gasteiger partial charge is 0.159 e. The Morgan fingerprint density at radius 3 is 2.39 bits per heavy atom. The van der Waals surface area contributed by atoms with Crippen LogP contribution in [0.2, 0.25) is 0 Å². The monoisotopic (exact) mass is 385 g/mol. The lowest BCUT2D eigenvalue weighted by molar-refractivity contribution is -0.00457. The Balaban J connectivity index is 1.35. The second-order valence-electron chi connectivity index (χ2n) is 8.13. The summed E-state index contributed by atoms with van der Waals surface area (Å²) >= 11 is 0. The highest BCUT2D eigenvalue weighted by Crippen LogP contribution is 2.37. The van der Waals surface area contributed by atoms with Crippen LogP contribution >= 0.6 is 0 Å². The van der Waals surface area contributed by atoms with Gasteiger partial charge in [-0.05, 0) is 86.8 Å². The molecule has 0 amide bonds. The molecule has 3 rings (SSSR count). The highest BCUT2D eigenvalue weighted by molar-refractivity contribution is 5.22. The highest BCUT2D eigenvalue weighted by atomic mass is 19.2. The third-order valence-corrected chi connectivity index (χ3v) is 6.21. The van der Waals surface area contributed by atoms with E-state index in [4.69, 9.17) is 10.00 Å². The van der Waals surface area contributed by atoms with Crippen LogP contribution in [0.1, 0.15) is 62.8 Å². The molecule has 2 saturated carbocycles. The second-order valence-corrected chi connectivity index (χ2v) is 8.13. The van der Waals surface area contributed by atoms with E-state index in [2.05, 4.69) is 6.08 Å². The summed E-state index contributed by atoms with van der Waals surface area (Å²) in [6, 6.07) is 6.32.